The minimum atomic E-state index is -0.777. The van der Waals surface area contributed by atoms with Gasteiger partial charge in [0.05, 0.1) is 41.7 Å². The van der Waals surface area contributed by atoms with Crippen molar-refractivity contribution < 1.29 is 19.1 Å². The number of para-hydroxylation sites is 2. The SMILES string of the molecule is CCOC(=O)C1=C(C)N(c2ccccc2)C(C)=C(C(=O)OCC)C1c1cn(-c2ccccc2)nc1-c1ccccc1. The summed E-state index contributed by atoms with van der Waals surface area (Å²) >= 11 is 0. The lowest BCUT2D eigenvalue weighted by Gasteiger charge is -2.37. The van der Waals surface area contributed by atoms with Gasteiger partial charge in [0.1, 0.15) is 0 Å². The first kappa shape index (κ1) is 27.6. The monoisotopic (exact) mass is 547 g/mol. The van der Waals surface area contributed by atoms with Gasteiger partial charge in [-0.25, -0.2) is 14.3 Å². The Balaban J connectivity index is 1.83. The second-order valence-electron chi connectivity index (χ2n) is 9.62. The third-order valence-electron chi connectivity index (χ3n) is 7.15. The maximum atomic E-state index is 13.8. The highest BCUT2D eigenvalue weighted by molar-refractivity contribution is 6.02. The standard InChI is InChI=1S/C34H33N3O4/c1-5-40-33(38)29-23(3)37(27-20-14-9-15-21-27)24(4)30(34(39)41-6-2)31(29)28-22-36(26-18-12-8-13-19-26)35-32(28)25-16-10-7-11-17-25/h7-22,31H,5-6H2,1-4H3. The molecule has 208 valence electrons. The number of hydrogen-bond donors (Lipinski definition) is 0. The van der Waals surface area contributed by atoms with Gasteiger partial charge < -0.3 is 14.4 Å². The van der Waals surface area contributed by atoms with Crippen LogP contribution < -0.4 is 4.90 Å². The maximum absolute atomic E-state index is 13.8. The Morgan fingerprint density at radius 2 is 1.17 bits per heavy atom. The highest BCUT2D eigenvalue weighted by Crippen LogP contribution is 2.47. The summed E-state index contributed by atoms with van der Waals surface area (Å²) in [5.74, 6) is -1.76. The first-order valence-corrected chi connectivity index (χ1v) is 13.8. The molecule has 0 bridgehead atoms. The highest BCUT2D eigenvalue weighted by Gasteiger charge is 2.43. The first-order valence-electron chi connectivity index (χ1n) is 13.8. The van der Waals surface area contributed by atoms with Gasteiger partial charge in [0.2, 0.25) is 0 Å². The van der Waals surface area contributed by atoms with Crippen molar-refractivity contribution in [1.82, 2.24) is 9.78 Å². The number of benzene rings is 3. The van der Waals surface area contributed by atoms with Crippen molar-refractivity contribution >= 4 is 17.6 Å². The van der Waals surface area contributed by atoms with Gasteiger partial charge in [-0.1, -0.05) is 66.7 Å². The summed E-state index contributed by atoms with van der Waals surface area (Å²) in [5.41, 5.74) is 6.01. The van der Waals surface area contributed by atoms with Crippen LogP contribution in [0, 0.1) is 0 Å². The van der Waals surface area contributed by atoms with Gasteiger partial charge in [-0.2, -0.15) is 5.10 Å². The van der Waals surface area contributed by atoms with E-state index in [1.54, 1.807) is 18.5 Å². The number of allylic oxidation sites excluding steroid dienone is 2. The average molecular weight is 548 g/mol. The maximum Gasteiger partial charge on any atom is 0.336 e. The van der Waals surface area contributed by atoms with Crippen LogP contribution >= 0.6 is 0 Å². The summed E-state index contributed by atoms with van der Waals surface area (Å²) in [5, 5.41) is 4.99. The van der Waals surface area contributed by atoms with Crippen molar-refractivity contribution in [2.24, 2.45) is 0 Å². The number of nitrogens with zero attached hydrogens (tertiary/aromatic N) is 3. The van der Waals surface area contributed by atoms with Gasteiger partial charge in [-0.3, -0.25) is 0 Å². The molecule has 0 saturated carbocycles. The van der Waals surface area contributed by atoms with Crippen LogP contribution in [0.25, 0.3) is 16.9 Å². The quantitative estimate of drug-likeness (QED) is 0.226. The van der Waals surface area contributed by atoms with E-state index in [-0.39, 0.29) is 13.2 Å². The molecule has 3 aromatic carbocycles. The number of aromatic nitrogens is 2. The molecule has 1 aromatic heterocycles. The molecule has 0 aliphatic carbocycles. The number of anilines is 1. The van der Waals surface area contributed by atoms with Crippen LogP contribution in [0.2, 0.25) is 0 Å². The number of hydrogen-bond acceptors (Lipinski definition) is 6. The minimum absolute atomic E-state index is 0.194. The van der Waals surface area contributed by atoms with Crippen LogP contribution in [0.4, 0.5) is 5.69 Å². The molecule has 1 aliphatic heterocycles. The third kappa shape index (κ3) is 5.31. The molecule has 7 nitrogen and oxygen atoms in total. The average Bonchev–Trinajstić information content (AvgIpc) is 3.44. The fourth-order valence-electron chi connectivity index (χ4n) is 5.41. The zero-order chi connectivity index (χ0) is 28.9. The number of rotatable bonds is 8. The van der Waals surface area contributed by atoms with Crippen LogP contribution in [0.5, 0.6) is 0 Å². The minimum Gasteiger partial charge on any atom is -0.463 e. The van der Waals surface area contributed by atoms with Gasteiger partial charge in [0, 0.05) is 34.4 Å². The van der Waals surface area contributed by atoms with E-state index < -0.39 is 17.9 Å². The summed E-state index contributed by atoms with van der Waals surface area (Å²) in [6.45, 7) is 7.72. The summed E-state index contributed by atoms with van der Waals surface area (Å²) in [4.78, 5) is 29.6. The van der Waals surface area contributed by atoms with Gasteiger partial charge in [0.25, 0.3) is 0 Å². The van der Waals surface area contributed by atoms with E-state index in [2.05, 4.69) is 0 Å². The molecule has 1 aliphatic rings. The fraction of sp³-hybridized carbons (Fsp3) is 0.206. The van der Waals surface area contributed by atoms with Crippen molar-refractivity contribution in [3.05, 3.63) is 125 Å². The second kappa shape index (κ2) is 12.1. The molecule has 0 amide bonds. The van der Waals surface area contributed by atoms with Crippen molar-refractivity contribution in [1.29, 1.82) is 0 Å². The zero-order valence-corrected chi connectivity index (χ0v) is 23.7. The molecule has 0 spiro atoms. The third-order valence-corrected chi connectivity index (χ3v) is 7.15. The van der Waals surface area contributed by atoms with Crippen LogP contribution in [0.1, 0.15) is 39.2 Å². The molecule has 0 N–H and O–H groups in total. The van der Waals surface area contributed by atoms with Crippen molar-refractivity contribution in [3.8, 4) is 16.9 Å². The predicted molar refractivity (Wildman–Crippen MR) is 159 cm³/mol. The molecule has 0 radical (unpaired) electrons. The molecule has 7 heteroatoms. The van der Waals surface area contributed by atoms with Crippen LogP contribution in [0.15, 0.2) is 120 Å². The summed E-state index contributed by atoms with van der Waals surface area (Å²) in [7, 11) is 0. The summed E-state index contributed by atoms with van der Waals surface area (Å²) < 4.78 is 13.0. The Hall–Kier alpha value is -4.91. The molecular weight excluding hydrogens is 514 g/mol. The molecule has 0 fully saturated rings. The van der Waals surface area contributed by atoms with E-state index in [1.807, 2.05) is 116 Å². The molecule has 5 rings (SSSR count). The van der Waals surface area contributed by atoms with Crippen molar-refractivity contribution in [2.75, 3.05) is 18.1 Å². The smallest absolute Gasteiger partial charge is 0.336 e. The van der Waals surface area contributed by atoms with Gasteiger partial charge in [0.15, 0.2) is 0 Å². The molecule has 4 aromatic rings. The summed E-state index contributed by atoms with van der Waals surface area (Å²) in [6, 6.07) is 29.2. The van der Waals surface area contributed by atoms with E-state index in [4.69, 9.17) is 14.6 Å². The summed E-state index contributed by atoms with van der Waals surface area (Å²) in [6.07, 6.45) is 1.90. The normalized spacial score (nSPS) is 13.9. The zero-order valence-electron chi connectivity index (χ0n) is 23.7. The highest BCUT2D eigenvalue weighted by atomic mass is 16.5. The Labute approximate surface area is 240 Å². The van der Waals surface area contributed by atoms with Crippen molar-refractivity contribution in [3.63, 3.8) is 0 Å². The number of esters is 2. The lowest BCUT2D eigenvalue weighted by atomic mass is 9.79. The lowest BCUT2D eigenvalue weighted by molar-refractivity contribution is -0.139. The van der Waals surface area contributed by atoms with Gasteiger partial charge in [-0.15, -0.1) is 0 Å². The molecular formula is C34H33N3O4. The van der Waals surface area contributed by atoms with Crippen molar-refractivity contribution in [2.45, 2.75) is 33.6 Å². The van der Waals surface area contributed by atoms with Crippen LogP contribution in [0.3, 0.4) is 0 Å². The Kier molecular flexibility index (Phi) is 8.15. The van der Waals surface area contributed by atoms with Crippen LogP contribution in [-0.4, -0.2) is 34.9 Å². The lowest BCUT2D eigenvalue weighted by Crippen LogP contribution is -2.35. The number of ether oxygens (including phenoxy) is 2. The largest absolute Gasteiger partial charge is 0.463 e. The molecule has 41 heavy (non-hydrogen) atoms. The van der Waals surface area contributed by atoms with Gasteiger partial charge in [-0.05, 0) is 52.0 Å². The van der Waals surface area contributed by atoms with E-state index in [9.17, 15) is 9.59 Å². The van der Waals surface area contributed by atoms with Crippen LogP contribution in [-0.2, 0) is 19.1 Å². The molecule has 0 unspecified atom stereocenters. The predicted octanol–water partition coefficient (Wildman–Crippen LogP) is 6.82. The topological polar surface area (TPSA) is 73.7 Å². The Morgan fingerprint density at radius 1 is 0.707 bits per heavy atom. The first-order chi connectivity index (χ1) is 20.0. The second-order valence-corrected chi connectivity index (χ2v) is 9.62. The Bertz CT molecular complexity index is 1560. The number of carbonyl (C=O) groups is 2. The van der Waals surface area contributed by atoms with E-state index in [0.29, 0.717) is 33.8 Å². The Morgan fingerprint density at radius 3 is 1.66 bits per heavy atom. The molecule has 2 heterocycles. The van der Waals surface area contributed by atoms with E-state index >= 15 is 0 Å². The molecule has 0 atom stereocenters. The van der Waals surface area contributed by atoms with E-state index in [0.717, 1.165) is 16.9 Å². The fourth-order valence-corrected chi connectivity index (χ4v) is 5.41. The van der Waals surface area contributed by atoms with Gasteiger partial charge >= 0.3 is 11.9 Å². The molecule has 0 saturated heterocycles. The van der Waals surface area contributed by atoms with E-state index in [1.165, 1.54) is 0 Å². The number of carbonyl (C=O) groups excluding carboxylic acids is 2.